The quantitative estimate of drug-likeness (QED) is 0.605. The molecule has 1 heterocycles. The summed E-state index contributed by atoms with van der Waals surface area (Å²) in [6.45, 7) is 0. The highest BCUT2D eigenvalue weighted by Crippen LogP contribution is 2.23. The van der Waals surface area contributed by atoms with Gasteiger partial charge in [-0.1, -0.05) is 0 Å². The highest BCUT2D eigenvalue weighted by Gasteiger charge is 2.27. The first-order valence-corrected chi connectivity index (χ1v) is 4.23. The van der Waals surface area contributed by atoms with Crippen LogP contribution in [0.1, 0.15) is 17.8 Å². The highest BCUT2D eigenvalue weighted by molar-refractivity contribution is 5.69. The standard InChI is InChI=1S/C8H6F2N2O5/c9-8(10)6-7(12(16)17)4(13)1-3(11-6)2-5(14)15/h1,8H,2H2,(H,11,13)(H,14,15). The number of halogens is 2. The molecule has 0 aliphatic rings. The van der Waals surface area contributed by atoms with E-state index in [2.05, 4.69) is 0 Å². The van der Waals surface area contributed by atoms with Crippen molar-refractivity contribution >= 4 is 11.7 Å². The van der Waals surface area contributed by atoms with Gasteiger partial charge < -0.3 is 10.1 Å². The lowest BCUT2D eigenvalue weighted by Crippen LogP contribution is -2.16. The Bertz CT molecular complexity index is 525. The van der Waals surface area contributed by atoms with E-state index in [0.717, 1.165) is 0 Å². The Labute approximate surface area is 91.8 Å². The van der Waals surface area contributed by atoms with Crippen LogP contribution < -0.4 is 5.43 Å². The van der Waals surface area contributed by atoms with Crippen molar-refractivity contribution in [2.24, 2.45) is 0 Å². The second kappa shape index (κ2) is 4.68. The van der Waals surface area contributed by atoms with Crippen LogP contribution in [0.5, 0.6) is 0 Å². The number of nitrogens with zero attached hydrogens (tertiary/aromatic N) is 1. The van der Waals surface area contributed by atoms with Gasteiger partial charge in [-0.2, -0.15) is 0 Å². The van der Waals surface area contributed by atoms with Gasteiger partial charge in [-0.05, 0) is 0 Å². The number of aromatic nitrogens is 1. The molecule has 92 valence electrons. The number of carboxylic acid groups (broad SMARTS) is 1. The summed E-state index contributed by atoms with van der Waals surface area (Å²) in [5.74, 6) is -1.35. The molecular weight excluding hydrogens is 242 g/mol. The summed E-state index contributed by atoms with van der Waals surface area (Å²) in [6, 6.07) is 0.623. The lowest BCUT2D eigenvalue weighted by atomic mass is 10.2. The third-order valence-electron chi connectivity index (χ3n) is 1.83. The smallest absolute Gasteiger partial charge is 0.341 e. The van der Waals surface area contributed by atoms with Crippen molar-refractivity contribution in [3.8, 4) is 0 Å². The van der Waals surface area contributed by atoms with E-state index in [1.54, 1.807) is 0 Å². The van der Waals surface area contributed by atoms with Gasteiger partial charge in [-0.25, -0.2) is 8.78 Å². The number of aromatic amines is 1. The van der Waals surface area contributed by atoms with Crippen molar-refractivity contribution in [3.05, 3.63) is 37.8 Å². The van der Waals surface area contributed by atoms with Crippen molar-refractivity contribution in [2.75, 3.05) is 0 Å². The Morgan fingerprint density at radius 2 is 2.18 bits per heavy atom. The van der Waals surface area contributed by atoms with E-state index in [0.29, 0.717) is 6.07 Å². The van der Waals surface area contributed by atoms with E-state index in [-0.39, 0.29) is 5.69 Å². The number of nitro groups is 1. The Kier molecular flexibility index (Phi) is 3.51. The van der Waals surface area contributed by atoms with Crippen molar-refractivity contribution in [2.45, 2.75) is 12.8 Å². The van der Waals surface area contributed by atoms with Crippen molar-refractivity contribution in [3.63, 3.8) is 0 Å². The van der Waals surface area contributed by atoms with Gasteiger partial charge in [-0.3, -0.25) is 19.7 Å². The maximum absolute atomic E-state index is 12.5. The predicted octanol–water partition coefficient (Wildman–Crippen LogP) is 0.848. The minimum absolute atomic E-state index is 0.316. The van der Waals surface area contributed by atoms with Crippen molar-refractivity contribution < 1.29 is 23.6 Å². The van der Waals surface area contributed by atoms with E-state index in [1.807, 2.05) is 4.98 Å². The Balaban J connectivity index is 3.41. The van der Waals surface area contributed by atoms with Crippen LogP contribution in [0, 0.1) is 10.1 Å². The van der Waals surface area contributed by atoms with Crippen LogP contribution in [0.25, 0.3) is 0 Å². The van der Waals surface area contributed by atoms with Crippen LogP contribution >= 0.6 is 0 Å². The molecule has 0 bridgehead atoms. The van der Waals surface area contributed by atoms with E-state index in [4.69, 9.17) is 5.11 Å². The van der Waals surface area contributed by atoms with Crippen LogP contribution in [0.3, 0.4) is 0 Å². The summed E-state index contributed by atoms with van der Waals surface area (Å²) in [4.78, 5) is 32.6. The van der Waals surface area contributed by atoms with Gasteiger partial charge in [0.1, 0.15) is 0 Å². The Morgan fingerprint density at radius 1 is 1.59 bits per heavy atom. The molecule has 0 aliphatic heterocycles. The van der Waals surface area contributed by atoms with E-state index >= 15 is 0 Å². The average molecular weight is 248 g/mol. The number of aliphatic carboxylic acids is 1. The predicted molar refractivity (Wildman–Crippen MR) is 50.0 cm³/mol. The summed E-state index contributed by atoms with van der Waals surface area (Å²) in [6.07, 6.45) is -3.97. The molecule has 0 amide bonds. The molecule has 1 aromatic rings. The fourth-order valence-electron chi connectivity index (χ4n) is 1.23. The van der Waals surface area contributed by atoms with Gasteiger partial charge in [0.25, 0.3) is 11.9 Å². The number of pyridine rings is 1. The van der Waals surface area contributed by atoms with E-state index in [1.165, 1.54) is 0 Å². The first-order chi connectivity index (χ1) is 7.82. The first-order valence-electron chi connectivity index (χ1n) is 4.23. The zero-order chi connectivity index (χ0) is 13.2. The third-order valence-corrected chi connectivity index (χ3v) is 1.83. The summed E-state index contributed by atoms with van der Waals surface area (Å²) in [5.41, 5.74) is -4.02. The number of alkyl halides is 2. The lowest BCUT2D eigenvalue weighted by Gasteiger charge is -2.04. The number of hydrogen-bond donors (Lipinski definition) is 2. The summed E-state index contributed by atoms with van der Waals surface area (Å²) in [5, 5.41) is 18.8. The highest BCUT2D eigenvalue weighted by atomic mass is 19.3. The maximum Gasteiger partial charge on any atom is 0.341 e. The van der Waals surface area contributed by atoms with Crippen LogP contribution in [0.15, 0.2) is 10.9 Å². The zero-order valence-corrected chi connectivity index (χ0v) is 8.15. The maximum atomic E-state index is 12.5. The van der Waals surface area contributed by atoms with Gasteiger partial charge in [-0.15, -0.1) is 0 Å². The van der Waals surface area contributed by atoms with Crippen molar-refractivity contribution in [1.29, 1.82) is 0 Å². The zero-order valence-electron chi connectivity index (χ0n) is 8.15. The summed E-state index contributed by atoms with van der Waals surface area (Å²) in [7, 11) is 0. The largest absolute Gasteiger partial charge is 0.481 e. The number of nitrogens with one attached hydrogen (secondary N) is 1. The van der Waals surface area contributed by atoms with E-state index in [9.17, 15) is 28.5 Å². The molecule has 17 heavy (non-hydrogen) atoms. The fraction of sp³-hybridized carbons (Fsp3) is 0.250. The molecule has 2 N–H and O–H groups in total. The number of carboxylic acids is 1. The average Bonchev–Trinajstić information content (AvgIpc) is 2.14. The van der Waals surface area contributed by atoms with Gasteiger partial charge in [0, 0.05) is 11.8 Å². The molecule has 9 heteroatoms. The molecule has 0 aromatic carbocycles. The molecule has 0 saturated heterocycles. The second-order valence-corrected chi connectivity index (χ2v) is 3.05. The Hall–Kier alpha value is -2.32. The fourth-order valence-corrected chi connectivity index (χ4v) is 1.23. The molecule has 1 rings (SSSR count). The van der Waals surface area contributed by atoms with Crippen molar-refractivity contribution in [1.82, 2.24) is 4.98 Å². The van der Waals surface area contributed by atoms with Gasteiger partial charge in [0.15, 0.2) is 5.69 Å². The molecule has 0 saturated carbocycles. The monoisotopic (exact) mass is 248 g/mol. The molecule has 7 nitrogen and oxygen atoms in total. The minimum atomic E-state index is -3.27. The molecule has 0 atom stereocenters. The molecule has 0 aliphatic carbocycles. The number of H-pyrrole nitrogens is 1. The molecular formula is C8H6F2N2O5. The molecule has 0 spiro atoms. The molecule has 0 unspecified atom stereocenters. The first kappa shape index (κ1) is 12.7. The van der Waals surface area contributed by atoms with Crippen LogP contribution in [-0.2, 0) is 11.2 Å². The molecule has 1 aromatic heterocycles. The Morgan fingerprint density at radius 3 is 2.59 bits per heavy atom. The van der Waals surface area contributed by atoms with Crippen LogP contribution in [0.2, 0.25) is 0 Å². The number of carbonyl (C=O) groups is 1. The molecule has 0 radical (unpaired) electrons. The minimum Gasteiger partial charge on any atom is -0.481 e. The second-order valence-electron chi connectivity index (χ2n) is 3.05. The summed E-state index contributed by atoms with van der Waals surface area (Å²) < 4.78 is 24.9. The summed E-state index contributed by atoms with van der Waals surface area (Å²) >= 11 is 0. The van der Waals surface area contributed by atoms with Gasteiger partial charge in [0.2, 0.25) is 0 Å². The topological polar surface area (TPSA) is 113 Å². The van der Waals surface area contributed by atoms with Crippen LogP contribution in [-0.4, -0.2) is 21.0 Å². The number of hydrogen-bond acceptors (Lipinski definition) is 4. The van der Waals surface area contributed by atoms with Crippen LogP contribution in [0.4, 0.5) is 14.5 Å². The van der Waals surface area contributed by atoms with Gasteiger partial charge >= 0.3 is 11.7 Å². The molecule has 0 fully saturated rings. The third kappa shape index (κ3) is 2.83. The van der Waals surface area contributed by atoms with Gasteiger partial charge in [0.05, 0.1) is 11.3 Å². The number of rotatable bonds is 4. The normalized spacial score (nSPS) is 10.5. The lowest BCUT2D eigenvalue weighted by molar-refractivity contribution is -0.387. The SMILES string of the molecule is O=C(O)Cc1cc(=O)c([N+](=O)[O-])c(C(F)F)[nH]1. The van der Waals surface area contributed by atoms with E-state index < -0.39 is 40.5 Å².